The summed E-state index contributed by atoms with van der Waals surface area (Å²) in [7, 11) is 0. The molecular weight excluding hydrogens is 120 g/mol. The molecule has 1 heterocycles. The highest BCUT2D eigenvalue weighted by atomic mass is 16.4. The Morgan fingerprint density at radius 2 is 2.00 bits per heavy atom. The number of carboxylic acid groups (broad SMARTS) is 1. The van der Waals surface area contributed by atoms with Crippen LogP contribution in [0.5, 0.6) is 0 Å². The second kappa shape index (κ2) is 2.80. The molecule has 52 valence electrons. The molecule has 9 heavy (non-hydrogen) atoms. The third-order valence-corrected chi connectivity index (χ3v) is 1.38. The number of carboxylic acids is 1. The summed E-state index contributed by atoms with van der Waals surface area (Å²) in [5.74, 6) is -0.978. The highest BCUT2D eigenvalue weighted by molar-refractivity contribution is 5.70. The van der Waals surface area contributed by atoms with Crippen LogP contribution in [0.4, 0.5) is 0 Å². The van der Waals surface area contributed by atoms with Crippen molar-refractivity contribution in [1.29, 1.82) is 0 Å². The lowest BCUT2D eigenvalue weighted by Gasteiger charge is -2.19. The summed E-state index contributed by atoms with van der Waals surface area (Å²) in [6.45, 7) is 1.90. The molecule has 0 aromatic rings. The first-order chi connectivity index (χ1) is 4.30. The van der Waals surface area contributed by atoms with Gasteiger partial charge in [0.1, 0.15) is 0 Å². The lowest BCUT2D eigenvalue weighted by atomic mass is 10.1. The maximum absolute atomic E-state index is 10.3. The Kier molecular flexibility index (Phi) is 2.02. The number of carbonyl (C=O) groups is 1. The first-order valence-electron chi connectivity index (χ1n) is 2.95. The zero-order valence-electron chi connectivity index (χ0n) is 5.05. The molecule has 0 aromatic heterocycles. The highest BCUT2D eigenvalue weighted by Gasteiger charge is 2.18. The van der Waals surface area contributed by atoms with Gasteiger partial charge < -0.3 is 15.7 Å². The van der Waals surface area contributed by atoms with Crippen molar-refractivity contribution >= 4 is 5.97 Å². The van der Waals surface area contributed by atoms with Crippen LogP contribution in [0.25, 0.3) is 0 Å². The first-order valence-corrected chi connectivity index (χ1v) is 2.95. The van der Waals surface area contributed by atoms with Crippen LogP contribution in [0, 0.1) is 5.92 Å². The van der Waals surface area contributed by atoms with Crippen LogP contribution in [-0.4, -0.2) is 30.8 Å². The fraction of sp³-hybridized carbons (Fsp3) is 0.800. The second-order valence-corrected chi connectivity index (χ2v) is 2.12. The predicted molar refractivity (Wildman–Crippen MR) is 32.0 cm³/mol. The monoisotopic (exact) mass is 130 g/mol. The summed E-state index contributed by atoms with van der Waals surface area (Å²) in [5.41, 5.74) is 0. The number of hydrogen-bond donors (Lipinski definition) is 3. The van der Waals surface area contributed by atoms with Crippen LogP contribution >= 0.6 is 0 Å². The Bertz CT molecular complexity index is 110. The van der Waals surface area contributed by atoms with Crippen molar-refractivity contribution in [2.45, 2.75) is 0 Å². The summed E-state index contributed by atoms with van der Waals surface area (Å²) >= 11 is 0. The minimum absolute atomic E-state index is 0.251. The Morgan fingerprint density at radius 1 is 1.44 bits per heavy atom. The molecule has 0 aromatic carbocycles. The molecular formula is C5H10N2O2. The largest absolute Gasteiger partial charge is 0.481 e. The Morgan fingerprint density at radius 3 is 2.33 bits per heavy atom. The third kappa shape index (κ3) is 1.65. The molecule has 1 fully saturated rings. The van der Waals surface area contributed by atoms with E-state index in [0.717, 1.165) is 6.67 Å². The lowest BCUT2D eigenvalue weighted by Crippen LogP contribution is -2.46. The average Bonchev–Trinajstić information content (AvgIpc) is 1.90. The number of nitrogens with one attached hydrogen (secondary N) is 2. The van der Waals surface area contributed by atoms with Gasteiger partial charge in [0.2, 0.25) is 0 Å². The fourth-order valence-electron chi connectivity index (χ4n) is 0.828. The van der Waals surface area contributed by atoms with Crippen molar-refractivity contribution in [3.63, 3.8) is 0 Å². The van der Waals surface area contributed by atoms with Gasteiger partial charge in [-0.1, -0.05) is 0 Å². The molecule has 1 aliphatic heterocycles. The van der Waals surface area contributed by atoms with Gasteiger partial charge in [0.25, 0.3) is 0 Å². The summed E-state index contributed by atoms with van der Waals surface area (Å²) < 4.78 is 0. The van der Waals surface area contributed by atoms with E-state index in [9.17, 15) is 4.79 Å². The van der Waals surface area contributed by atoms with Crippen molar-refractivity contribution < 1.29 is 9.90 Å². The van der Waals surface area contributed by atoms with Gasteiger partial charge in [-0.15, -0.1) is 0 Å². The Hall–Kier alpha value is -0.610. The van der Waals surface area contributed by atoms with E-state index in [1.165, 1.54) is 0 Å². The average molecular weight is 130 g/mol. The second-order valence-electron chi connectivity index (χ2n) is 2.12. The predicted octanol–water partition coefficient (Wildman–Crippen LogP) is -1.16. The molecule has 0 radical (unpaired) electrons. The van der Waals surface area contributed by atoms with E-state index in [-0.39, 0.29) is 5.92 Å². The molecule has 0 amide bonds. The molecule has 0 saturated carbocycles. The molecule has 1 aliphatic rings. The van der Waals surface area contributed by atoms with Crippen LogP contribution in [0.15, 0.2) is 0 Å². The van der Waals surface area contributed by atoms with Gasteiger partial charge in [-0.3, -0.25) is 4.79 Å². The number of rotatable bonds is 1. The molecule has 1 saturated heterocycles. The van der Waals surface area contributed by atoms with E-state index in [0.29, 0.717) is 13.1 Å². The summed E-state index contributed by atoms with van der Waals surface area (Å²) in [4.78, 5) is 10.3. The van der Waals surface area contributed by atoms with Gasteiger partial charge in [0.15, 0.2) is 0 Å². The molecule has 1 rings (SSSR count). The van der Waals surface area contributed by atoms with Gasteiger partial charge in [-0.05, 0) is 0 Å². The fourth-order valence-corrected chi connectivity index (χ4v) is 0.828. The molecule has 0 unspecified atom stereocenters. The maximum Gasteiger partial charge on any atom is 0.309 e. The quantitative estimate of drug-likeness (QED) is 0.419. The minimum atomic E-state index is -0.727. The van der Waals surface area contributed by atoms with E-state index >= 15 is 0 Å². The van der Waals surface area contributed by atoms with E-state index in [4.69, 9.17) is 5.11 Å². The van der Waals surface area contributed by atoms with Crippen LogP contribution in [0.3, 0.4) is 0 Å². The van der Waals surface area contributed by atoms with Crippen LogP contribution in [0.2, 0.25) is 0 Å². The minimum Gasteiger partial charge on any atom is -0.481 e. The van der Waals surface area contributed by atoms with Crippen LogP contribution in [0.1, 0.15) is 0 Å². The summed E-state index contributed by atoms with van der Waals surface area (Å²) in [5, 5.41) is 14.3. The number of hydrogen-bond acceptors (Lipinski definition) is 3. The first kappa shape index (κ1) is 6.51. The maximum atomic E-state index is 10.3. The standard InChI is InChI=1S/C5H10N2O2/c8-5(9)4-1-6-3-7-2-4/h4,6-7H,1-3H2,(H,8,9). The van der Waals surface area contributed by atoms with Crippen molar-refractivity contribution in [2.75, 3.05) is 19.8 Å². The molecule has 4 heteroatoms. The van der Waals surface area contributed by atoms with E-state index in [1.807, 2.05) is 0 Å². The molecule has 0 atom stereocenters. The molecule has 0 bridgehead atoms. The Labute approximate surface area is 53.2 Å². The summed E-state index contributed by atoms with van der Waals surface area (Å²) in [6.07, 6.45) is 0. The number of aliphatic carboxylic acids is 1. The van der Waals surface area contributed by atoms with Gasteiger partial charge in [-0.2, -0.15) is 0 Å². The molecule has 3 N–H and O–H groups in total. The smallest absolute Gasteiger partial charge is 0.309 e. The zero-order chi connectivity index (χ0) is 6.69. The van der Waals surface area contributed by atoms with Crippen molar-refractivity contribution in [3.05, 3.63) is 0 Å². The molecule has 0 aliphatic carbocycles. The van der Waals surface area contributed by atoms with Crippen molar-refractivity contribution in [3.8, 4) is 0 Å². The van der Waals surface area contributed by atoms with Crippen LogP contribution < -0.4 is 10.6 Å². The SMILES string of the molecule is O=C(O)C1CNCNC1. The van der Waals surface area contributed by atoms with Gasteiger partial charge >= 0.3 is 5.97 Å². The van der Waals surface area contributed by atoms with Crippen molar-refractivity contribution in [1.82, 2.24) is 10.6 Å². The van der Waals surface area contributed by atoms with Gasteiger partial charge in [0.05, 0.1) is 5.92 Å². The zero-order valence-corrected chi connectivity index (χ0v) is 5.05. The van der Waals surface area contributed by atoms with E-state index in [1.54, 1.807) is 0 Å². The third-order valence-electron chi connectivity index (χ3n) is 1.38. The van der Waals surface area contributed by atoms with E-state index in [2.05, 4.69) is 10.6 Å². The topological polar surface area (TPSA) is 61.4 Å². The van der Waals surface area contributed by atoms with Gasteiger partial charge in [-0.25, -0.2) is 0 Å². The highest BCUT2D eigenvalue weighted by Crippen LogP contribution is 1.94. The molecule has 4 nitrogen and oxygen atoms in total. The lowest BCUT2D eigenvalue weighted by molar-refractivity contribution is -0.141. The van der Waals surface area contributed by atoms with Crippen LogP contribution in [-0.2, 0) is 4.79 Å². The van der Waals surface area contributed by atoms with E-state index < -0.39 is 5.97 Å². The summed E-state index contributed by atoms with van der Waals surface area (Å²) in [6, 6.07) is 0. The molecule has 0 spiro atoms. The normalized spacial score (nSPS) is 21.8. The van der Waals surface area contributed by atoms with Gasteiger partial charge in [0, 0.05) is 19.8 Å². The Balaban J connectivity index is 2.31. The van der Waals surface area contributed by atoms with Crippen molar-refractivity contribution in [2.24, 2.45) is 5.92 Å².